The Morgan fingerprint density at radius 1 is 1.21 bits per heavy atom. The summed E-state index contributed by atoms with van der Waals surface area (Å²) in [5.41, 5.74) is 3.03. The van der Waals surface area contributed by atoms with Gasteiger partial charge in [0, 0.05) is 20.5 Å². The number of hydrogen-bond donors (Lipinski definition) is 1. The summed E-state index contributed by atoms with van der Waals surface area (Å²) in [4.78, 5) is 27.0. The van der Waals surface area contributed by atoms with Crippen molar-refractivity contribution in [2.75, 3.05) is 11.9 Å². The lowest BCUT2D eigenvalue weighted by Crippen LogP contribution is -2.21. The number of nitrogens with zero attached hydrogens (tertiary/aromatic N) is 1. The van der Waals surface area contributed by atoms with Crippen LogP contribution in [0.3, 0.4) is 0 Å². The molecule has 0 saturated heterocycles. The maximum atomic E-state index is 12.4. The molecule has 1 aromatic heterocycles. The van der Waals surface area contributed by atoms with Crippen molar-refractivity contribution in [1.29, 1.82) is 5.26 Å². The van der Waals surface area contributed by atoms with Gasteiger partial charge in [0.2, 0.25) is 0 Å². The van der Waals surface area contributed by atoms with E-state index in [9.17, 15) is 14.9 Å². The molecule has 34 heavy (non-hydrogen) atoms. The summed E-state index contributed by atoms with van der Waals surface area (Å²) in [6.45, 7) is 1.79. The van der Waals surface area contributed by atoms with E-state index >= 15 is 0 Å². The minimum Gasteiger partial charge on any atom is -0.452 e. The molecule has 1 atom stereocenters. The quantitative estimate of drug-likeness (QED) is 0.290. The van der Waals surface area contributed by atoms with Crippen molar-refractivity contribution in [3.63, 3.8) is 0 Å². The first kappa shape index (κ1) is 24.3. The lowest BCUT2D eigenvalue weighted by Gasteiger charge is -2.17. The molecule has 8 heteroatoms. The summed E-state index contributed by atoms with van der Waals surface area (Å²) in [6.07, 6.45) is 2.82. The van der Waals surface area contributed by atoms with E-state index in [1.165, 1.54) is 11.3 Å². The molecule has 1 N–H and O–H groups in total. The van der Waals surface area contributed by atoms with E-state index < -0.39 is 18.5 Å². The second-order valence-corrected chi connectivity index (χ2v) is 10.8. The van der Waals surface area contributed by atoms with Crippen LogP contribution in [0.15, 0.2) is 53.4 Å². The average molecular weight is 511 g/mol. The van der Waals surface area contributed by atoms with Gasteiger partial charge in [0.05, 0.1) is 11.1 Å². The molecule has 5 nitrogen and oxygen atoms in total. The number of nitriles is 1. The number of carbonyl (C=O) groups excluding carboxylic acids is 2. The second-order valence-electron chi connectivity index (χ2n) is 8.23. The van der Waals surface area contributed by atoms with Crippen molar-refractivity contribution in [2.24, 2.45) is 5.92 Å². The fourth-order valence-electron chi connectivity index (χ4n) is 3.77. The van der Waals surface area contributed by atoms with Crippen molar-refractivity contribution < 1.29 is 14.3 Å². The van der Waals surface area contributed by atoms with Crippen molar-refractivity contribution >= 4 is 51.6 Å². The van der Waals surface area contributed by atoms with Crippen LogP contribution in [0.4, 0.5) is 5.00 Å². The molecular formula is C26H23ClN2O3S2. The molecule has 4 rings (SSSR count). The Bertz CT molecular complexity index is 1230. The number of rotatable bonds is 7. The highest BCUT2D eigenvalue weighted by molar-refractivity contribution is 7.98. The maximum absolute atomic E-state index is 12.4. The Hall–Kier alpha value is -2.79. The monoisotopic (exact) mass is 510 g/mol. The second kappa shape index (κ2) is 11.1. The molecular weight excluding hydrogens is 488 g/mol. The normalized spacial score (nSPS) is 14.7. The molecule has 1 aliphatic carbocycles. The number of thiophene rings is 1. The van der Waals surface area contributed by atoms with E-state index in [-0.39, 0.29) is 0 Å². The zero-order valence-corrected chi connectivity index (χ0v) is 21.0. The van der Waals surface area contributed by atoms with Crippen molar-refractivity contribution in [3.05, 3.63) is 80.7 Å². The molecule has 0 aliphatic heterocycles. The Balaban J connectivity index is 1.28. The van der Waals surface area contributed by atoms with Crippen LogP contribution >= 0.6 is 34.7 Å². The van der Waals surface area contributed by atoms with Crippen molar-refractivity contribution in [1.82, 2.24) is 0 Å². The minimum atomic E-state index is -0.563. The average Bonchev–Trinajstić information content (AvgIpc) is 3.18. The summed E-state index contributed by atoms with van der Waals surface area (Å²) in [6, 6.07) is 17.0. The number of benzene rings is 2. The van der Waals surface area contributed by atoms with Crippen LogP contribution in [0, 0.1) is 17.2 Å². The largest absolute Gasteiger partial charge is 0.452 e. The molecule has 1 heterocycles. The summed E-state index contributed by atoms with van der Waals surface area (Å²) in [5, 5.41) is 13.6. The van der Waals surface area contributed by atoms with Gasteiger partial charge in [-0.3, -0.25) is 4.79 Å². The lowest BCUT2D eigenvalue weighted by molar-refractivity contribution is -0.119. The van der Waals surface area contributed by atoms with E-state index in [1.54, 1.807) is 23.9 Å². The summed E-state index contributed by atoms with van der Waals surface area (Å²) >= 11 is 9.04. The summed E-state index contributed by atoms with van der Waals surface area (Å²) in [7, 11) is 0. The van der Waals surface area contributed by atoms with Crippen molar-refractivity contribution in [2.45, 2.75) is 36.8 Å². The standard InChI is InChI=1S/C26H23ClN2O3S2/c1-16-2-11-21-22(13-28)25(34-23(21)12-16)29-24(30)14-32-26(31)18-5-3-17(4-6-18)15-33-20-9-7-19(27)8-10-20/h3-10,16H,2,11-12,14-15H2,1H3,(H,29,30)/t16-/m1/s1. The van der Waals surface area contributed by atoms with E-state index in [4.69, 9.17) is 16.3 Å². The molecule has 0 fully saturated rings. The molecule has 0 saturated carbocycles. The smallest absolute Gasteiger partial charge is 0.338 e. The molecule has 0 bridgehead atoms. The highest BCUT2D eigenvalue weighted by atomic mass is 35.5. The number of anilines is 1. The molecule has 0 unspecified atom stereocenters. The molecule has 2 aromatic carbocycles. The molecule has 174 valence electrons. The van der Waals surface area contributed by atoms with Crippen LogP contribution < -0.4 is 5.32 Å². The fourth-order valence-corrected chi connectivity index (χ4v) is 6.13. The first-order valence-corrected chi connectivity index (χ1v) is 13.1. The fraction of sp³-hybridized carbons (Fsp3) is 0.269. The number of thioether (sulfide) groups is 1. The van der Waals surface area contributed by atoms with E-state index in [2.05, 4.69) is 18.3 Å². The van der Waals surface area contributed by atoms with Gasteiger partial charge in [-0.05, 0) is 72.7 Å². The van der Waals surface area contributed by atoms with Crippen LogP contribution in [0.1, 0.15) is 45.3 Å². The van der Waals surface area contributed by atoms with Crippen LogP contribution in [0.25, 0.3) is 0 Å². The third-order valence-electron chi connectivity index (χ3n) is 5.62. The van der Waals surface area contributed by atoms with Gasteiger partial charge in [-0.2, -0.15) is 5.26 Å². The highest BCUT2D eigenvalue weighted by Gasteiger charge is 2.24. The molecule has 1 amide bonds. The SMILES string of the molecule is C[C@@H]1CCc2c(sc(NC(=O)COC(=O)c3ccc(CSc4ccc(Cl)cc4)cc3)c2C#N)C1. The number of halogens is 1. The van der Waals surface area contributed by atoms with E-state index in [0.717, 1.165) is 45.9 Å². The highest BCUT2D eigenvalue weighted by Crippen LogP contribution is 2.39. The zero-order valence-electron chi connectivity index (χ0n) is 18.6. The van der Waals surface area contributed by atoms with Crippen LogP contribution in [-0.2, 0) is 28.1 Å². The van der Waals surface area contributed by atoms with Crippen LogP contribution in [0.2, 0.25) is 5.02 Å². The number of esters is 1. The maximum Gasteiger partial charge on any atom is 0.338 e. The Morgan fingerprint density at radius 3 is 2.65 bits per heavy atom. The van der Waals surface area contributed by atoms with Gasteiger partial charge < -0.3 is 10.1 Å². The Labute approximate surface area is 212 Å². The van der Waals surface area contributed by atoms with Gasteiger partial charge in [-0.1, -0.05) is 30.7 Å². The zero-order chi connectivity index (χ0) is 24.1. The predicted molar refractivity (Wildman–Crippen MR) is 137 cm³/mol. The van der Waals surface area contributed by atoms with Gasteiger partial charge in [0.1, 0.15) is 11.1 Å². The number of amides is 1. The number of hydrogen-bond acceptors (Lipinski definition) is 6. The first-order chi connectivity index (χ1) is 16.4. The molecule has 1 aliphatic rings. The van der Waals surface area contributed by atoms with Gasteiger partial charge in [0.15, 0.2) is 6.61 Å². The summed E-state index contributed by atoms with van der Waals surface area (Å²) < 4.78 is 5.19. The summed E-state index contributed by atoms with van der Waals surface area (Å²) in [5.74, 6) is 0.313. The first-order valence-electron chi connectivity index (χ1n) is 10.9. The van der Waals surface area contributed by atoms with Gasteiger partial charge >= 0.3 is 5.97 Å². The van der Waals surface area contributed by atoms with Crippen LogP contribution in [-0.4, -0.2) is 18.5 Å². The number of carbonyl (C=O) groups is 2. The van der Waals surface area contributed by atoms with Gasteiger partial charge in [-0.25, -0.2) is 4.79 Å². The number of nitrogens with one attached hydrogen (secondary N) is 1. The third kappa shape index (κ3) is 6.01. The Morgan fingerprint density at radius 2 is 1.94 bits per heavy atom. The minimum absolute atomic E-state index is 0.381. The topological polar surface area (TPSA) is 79.2 Å². The van der Waals surface area contributed by atoms with E-state index in [0.29, 0.717) is 27.1 Å². The van der Waals surface area contributed by atoms with Crippen molar-refractivity contribution in [3.8, 4) is 6.07 Å². The lowest BCUT2D eigenvalue weighted by atomic mass is 9.89. The number of ether oxygens (including phenoxy) is 1. The van der Waals surface area contributed by atoms with Crippen LogP contribution in [0.5, 0.6) is 0 Å². The molecule has 0 spiro atoms. The molecule has 3 aromatic rings. The van der Waals surface area contributed by atoms with E-state index in [1.807, 2.05) is 36.4 Å². The predicted octanol–water partition coefficient (Wildman–Crippen LogP) is 6.49. The van der Waals surface area contributed by atoms with Gasteiger partial charge in [-0.15, -0.1) is 23.1 Å². The Kier molecular flexibility index (Phi) is 7.94. The van der Waals surface area contributed by atoms with Gasteiger partial charge in [0.25, 0.3) is 5.91 Å². The number of fused-ring (bicyclic) bond motifs is 1. The third-order valence-corrected chi connectivity index (χ3v) is 8.12. The molecule has 0 radical (unpaired) electrons.